The summed E-state index contributed by atoms with van der Waals surface area (Å²) < 4.78 is 26.9. The van der Waals surface area contributed by atoms with Crippen LogP contribution in [-0.4, -0.2) is 70.7 Å². The highest BCUT2D eigenvalue weighted by molar-refractivity contribution is 5.96. The Balaban J connectivity index is 1.50. The van der Waals surface area contributed by atoms with Gasteiger partial charge in [0.05, 0.1) is 30.5 Å². The van der Waals surface area contributed by atoms with Crippen LogP contribution in [0.2, 0.25) is 0 Å². The van der Waals surface area contributed by atoms with Gasteiger partial charge in [0.2, 0.25) is 5.91 Å². The average molecular weight is 431 g/mol. The molecule has 2 aliphatic heterocycles. The van der Waals surface area contributed by atoms with Gasteiger partial charge in [-0.25, -0.2) is 9.07 Å². The molecule has 3 heterocycles. The molecule has 0 aliphatic carbocycles. The lowest BCUT2D eigenvalue weighted by Gasteiger charge is -2.33. The van der Waals surface area contributed by atoms with Gasteiger partial charge in [0.25, 0.3) is 5.91 Å². The van der Waals surface area contributed by atoms with E-state index in [2.05, 4.69) is 15.6 Å². The summed E-state index contributed by atoms with van der Waals surface area (Å²) in [4.78, 5) is 27.0. The molecule has 1 aromatic heterocycles. The van der Waals surface area contributed by atoms with Crippen molar-refractivity contribution in [3.63, 3.8) is 0 Å². The van der Waals surface area contributed by atoms with E-state index in [1.54, 1.807) is 4.68 Å². The Labute approximate surface area is 179 Å². The highest BCUT2D eigenvalue weighted by atomic mass is 19.1. The second-order valence-electron chi connectivity index (χ2n) is 7.69. The third-order valence-electron chi connectivity index (χ3n) is 5.42. The van der Waals surface area contributed by atoms with Gasteiger partial charge in [0.1, 0.15) is 18.2 Å². The van der Waals surface area contributed by atoms with Crippen LogP contribution >= 0.6 is 0 Å². The minimum absolute atomic E-state index is 0.0976. The second-order valence-corrected chi connectivity index (χ2v) is 7.69. The summed E-state index contributed by atoms with van der Waals surface area (Å²) in [6, 6.07) is 3.88. The Morgan fingerprint density at radius 3 is 2.97 bits per heavy atom. The summed E-state index contributed by atoms with van der Waals surface area (Å²) in [5.74, 6) is -0.524. The van der Waals surface area contributed by atoms with Crippen molar-refractivity contribution in [2.45, 2.75) is 38.3 Å². The number of ether oxygens (including phenoxy) is 2. The SMILES string of the molecule is O=C1NCCC2CN(CCO2)C(=O)CCCc2cn(nn2)CCOc2ccc(F)cc21. The van der Waals surface area contributed by atoms with Gasteiger partial charge in [-0.1, -0.05) is 5.21 Å². The number of aryl methyl sites for hydroxylation is 1. The smallest absolute Gasteiger partial charge is 0.255 e. The Kier molecular flexibility index (Phi) is 6.76. The number of hydrogen-bond donors (Lipinski definition) is 1. The highest BCUT2D eigenvalue weighted by Crippen LogP contribution is 2.20. The molecule has 1 unspecified atom stereocenters. The molecule has 2 aromatic rings. The van der Waals surface area contributed by atoms with Gasteiger partial charge >= 0.3 is 0 Å². The normalized spacial score (nSPS) is 21.2. The van der Waals surface area contributed by atoms with Crippen molar-refractivity contribution in [2.24, 2.45) is 0 Å². The van der Waals surface area contributed by atoms with E-state index in [1.807, 2.05) is 11.1 Å². The lowest BCUT2D eigenvalue weighted by Crippen LogP contribution is -2.46. The lowest BCUT2D eigenvalue weighted by molar-refractivity contribution is -0.139. The van der Waals surface area contributed by atoms with Gasteiger partial charge in [-0.3, -0.25) is 9.59 Å². The van der Waals surface area contributed by atoms with Crippen molar-refractivity contribution in [3.05, 3.63) is 41.5 Å². The van der Waals surface area contributed by atoms with Gasteiger partial charge in [-0.2, -0.15) is 0 Å². The molecule has 0 saturated carbocycles. The van der Waals surface area contributed by atoms with Gasteiger partial charge in [0.15, 0.2) is 0 Å². The van der Waals surface area contributed by atoms with Crippen molar-refractivity contribution >= 4 is 11.8 Å². The Morgan fingerprint density at radius 2 is 2.06 bits per heavy atom. The first kappa shape index (κ1) is 21.2. The zero-order valence-corrected chi connectivity index (χ0v) is 17.3. The highest BCUT2D eigenvalue weighted by Gasteiger charge is 2.24. The molecule has 2 aliphatic rings. The molecule has 0 radical (unpaired) electrons. The molecule has 1 fully saturated rings. The quantitative estimate of drug-likeness (QED) is 0.673. The molecule has 10 heteroatoms. The molecule has 1 aromatic carbocycles. The van der Waals surface area contributed by atoms with Crippen LogP contribution in [0, 0.1) is 5.82 Å². The minimum atomic E-state index is -0.512. The van der Waals surface area contributed by atoms with Crippen molar-refractivity contribution in [1.29, 1.82) is 0 Å². The minimum Gasteiger partial charge on any atom is -0.491 e. The topological polar surface area (TPSA) is 98.6 Å². The van der Waals surface area contributed by atoms with Gasteiger partial charge in [-0.05, 0) is 37.5 Å². The van der Waals surface area contributed by atoms with E-state index < -0.39 is 11.7 Å². The molecule has 1 N–H and O–H groups in total. The number of nitrogens with one attached hydrogen (secondary N) is 1. The molecule has 166 valence electrons. The number of hydrogen-bond acceptors (Lipinski definition) is 6. The van der Waals surface area contributed by atoms with Crippen LogP contribution in [0.25, 0.3) is 0 Å². The Bertz CT molecular complexity index is 934. The van der Waals surface area contributed by atoms with Gasteiger partial charge in [-0.15, -0.1) is 5.10 Å². The van der Waals surface area contributed by atoms with Gasteiger partial charge < -0.3 is 19.7 Å². The molecule has 4 rings (SSSR count). The molecular formula is C21H26FN5O4. The molecule has 1 atom stereocenters. The Morgan fingerprint density at radius 1 is 1.16 bits per heavy atom. The number of morpholine rings is 1. The van der Waals surface area contributed by atoms with Crippen LogP contribution in [0.4, 0.5) is 4.39 Å². The summed E-state index contributed by atoms with van der Waals surface area (Å²) in [6.07, 6.45) is 4.05. The maximum absolute atomic E-state index is 13.8. The van der Waals surface area contributed by atoms with E-state index in [0.717, 1.165) is 11.8 Å². The van der Waals surface area contributed by atoms with Crippen LogP contribution < -0.4 is 10.1 Å². The molecule has 0 spiro atoms. The maximum Gasteiger partial charge on any atom is 0.255 e. The fourth-order valence-corrected chi connectivity index (χ4v) is 3.76. The number of rotatable bonds is 0. The maximum atomic E-state index is 13.8. The van der Waals surface area contributed by atoms with E-state index in [9.17, 15) is 14.0 Å². The summed E-state index contributed by atoms with van der Waals surface area (Å²) in [7, 11) is 0. The second kappa shape index (κ2) is 9.86. The molecule has 9 nitrogen and oxygen atoms in total. The molecular weight excluding hydrogens is 405 g/mol. The van der Waals surface area contributed by atoms with Crippen molar-refractivity contribution < 1.29 is 23.5 Å². The van der Waals surface area contributed by atoms with Gasteiger partial charge in [0, 0.05) is 32.3 Å². The third-order valence-corrected chi connectivity index (χ3v) is 5.42. The Hall–Kier alpha value is -3.01. The predicted molar refractivity (Wildman–Crippen MR) is 108 cm³/mol. The van der Waals surface area contributed by atoms with E-state index in [4.69, 9.17) is 9.47 Å². The van der Waals surface area contributed by atoms with Crippen LogP contribution in [0.5, 0.6) is 5.75 Å². The van der Waals surface area contributed by atoms with Crippen LogP contribution in [0.3, 0.4) is 0 Å². The van der Waals surface area contributed by atoms with Crippen LogP contribution in [-0.2, 0) is 22.5 Å². The zero-order valence-electron chi connectivity index (χ0n) is 17.3. The number of fused-ring (bicyclic) bond motifs is 5. The van der Waals surface area contributed by atoms with Crippen LogP contribution in [0.15, 0.2) is 24.4 Å². The standard InChI is InChI=1S/C21H26FN5O4/c22-15-4-5-19-18(12-15)21(29)23-7-6-17-14-26(8-10-30-17)20(28)3-1-2-16-13-27(25-24-16)9-11-31-19/h4-5,12-13,17H,1-3,6-11,14H2,(H,23,29). The number of carbonyl (C=O) groups excluding carboxylic acids is 2. The zero-order chi connectivity index (χ0) is 21.6. The van der Waals surface area contributed by atoms with E-state index >= 15 is 0 Å². The first-order valence-corrected chi connectivity index (χ1v) is 10.6. The van der Waals surface area contributed by atoms with Crippen LogP contribution in [0.1, 0.15) is 35.3 Å². The lowest BCUT2D eigenvalue weighted by atomic mass is 10.1. The number of nitrogens with zero attached hydrogens (tertiary/aromatic N) is 4. The predicted octanol–water partition coefficient (Wildman–Crippen LogP) is 1.18. The monoisotopic (exact) mass is 431 g/mol. The first-order chi connectivity index (χ1) is 15.1. The molecule has 1 saturated heterocycles. The molecule has 4 bridgehead atoms. The van der Waals surface area contributed by atoms with Crippen molar-refractivity contribution in [3.8, 4) is 5.75 Å². The fourth-order valence-electron chi connectivity index (χ4n) is 3.76. The largest absolute Gasteiger partial charge is 0.491 e. The average Bonchev–Trinajstić information content (AvgIpc) is 3.22. The summed E-state index contributed by atoms with van der Waals surface area (Å²) in [5, 5.41) is 11.0. The van der Waals surface area contributed by atoms with E-state index in [-0.39, 0.29) is 24.2 Å². The van der Waals surface area contributed by atoms with Crippen molar-refractivity contribution in [2.75, 3.05) is 32.8 Å². The number of aromatic nitrogens is 3. The van der Waals surface area contributed by atoms with E-state index in [1.165, 1.54) is 12.1 Å². The third kappa shape index (κ3) is 5.57. The number of halogens is 1. The summed E-state index contributed by atoms with van der Waals surface area (Å²) in [5.41, 5.74) is 0.950. The number of benzene rings is 1. The van der Waals surface area contributed by atoms with Crippen molar-refractivity contribution in [1.82, 2.24) is 25.2 Å². The first-order valence-electron chi connectivity index (χ1n) is 10.6. The number of carbonyl (C=O) groups is 2. The summed E-state index contributed by atoms with van der Waals surface area (Å²) >= 11 is 0. The fraction of sp³-hybridized carbons (Fsp3) is 0.524. The number of amides is 2. The summed E-state index contributed by atoms with van der Waals surface area (Å²) in [6.45, 7) is 2.57. The van der Waals surface area contributed by atoms with E-state index in [0.29, 0.717) is 64.2 Å². The molecule has 2 amide bonds. The molecule has 31 heavy (non-hydrogen) atoms.